The SMILES string of the molecule is O=C(O)C1CCCN(C(c2ccc(Br)cc2)c2cccc(F)c2)C1. The van der Waals surface area contributed by atoms with Gasteiger partial charge in [-0.15, -0.1) is 0 Å². The van der Waals surface area contributed by atoms with Crippen molar-refractivity contribution in [3.05, 3.63) is 69.9 Å². The van der Waals surface area contributed by atoms with Gasteiger partial charge < -0.3 is 5.11 Å². The topological polar surface area (TPSA) is 40.5 Å². The van der Waals surface area contributed by atoms with Crippen LogP contribution in [-0.4, -0.2) is 29.1 Å². The number of hydrogen-bond acceptors (Lipinski definition) is 2. The average Bonchev–Trinajstić information content (AvgIpc) is 2.57. The van der Waals surface area contributed by atoms with Crippen LogP contribution in [0.25, 0.3) is 0 Å². The molecule has 2 aromatic rings. The minimum atomic E-state index is -0.756. The fourth-order valence-electron chi connectivity index (χ4n) is 3.38. The second-order valence-corrected chi connectivity index (χ2v) is 7.10. The van der Waals surface area contributed by atoms with Crippen LogP contribution in [0, 0.1) is 11.7 Å². The third-order valence-electron chi connectivity index (χ3n) is 4.52. The minimum absolute atomic E-state index is 0.143. The first kappa shape index (κ1) is 17.1. The Labute approximate surface area is 149 Å². The Kier molecular flexibility index (Phi) is 5.31. The van der Waals surface area contributed by atoms with Gasteiger partial charge in [0.25, 0.3) is 0 Å². The maximum absolute atomic E-state index is 13.8. The average molecular weight is 392 g/mol. The Hall–Kier alpha value is -1.72. The van der Waals surface area contributed by atoms with Crippen LogP contribution in [0.2, 0.25) is 0 Å². The number of rotatable bonds is 4. The molecule has 1 N–H and O–H groups in total. The van der Waals surface area contributed by atoms with E-state index < -0.39 is 5.97 Å². The predicted octanol–water partition coefficient (Wildman–Crippen LogP) is 4.47. The van der Waals surface area contributed by atoms with Gasteiger partial charge in [0.1, 0.15) is 5.82 Å². The van der Waals surface area contributed by atoms with Gasteiger partial charge in [-0.05, 0) is 54.8 Å². The molecule has 0 aliphatic carbocycles. The summed E-state index contributed by atoms with van der Waals surface area (Å²) >= 11 is 3.44. The first-order valence-corrected chi connectivity index (χ1v) is 8.81. The number of carboxylic acid groups (broad SMARTS) is 1. The molecule has 0 amide bonds. The number of halogens is 2. The van der Waals surface area contributed by atoms with Gasteiger partial charge in [0.15, 0.2) is 0 Å². The molecule has 126 valence electrons. The molecule has 5 heteroatoms. The van der Waals surface area contributed by atoms with Crippen LogP contribution in [-0.2, 0) is 4.79 Å². The second kappa shape index (κ2) is 7.45. The van der Waals surface area contributed by atoms with Gasteiger partial charge in [-0.25, -0.2) is 4.39 Å². The van der Waals surface area contributed by atoms with Gasteiger partial charge in [0.05, 0.1) is 12.0 Å². The van der Waals surface area contributed by atoms with Gasteiger partial charge in [-0.2, -0.15) is 0 Å². The van der Waals surface area contributed by atoms with E-state index in [4.69, 9.17) is 0 Å². The van der Waals surface area contributed by atoms with Gasteiger partial charge in [-0.3, -0.25) is 9.69 Å². The van der Waals surface area contributed by atoms with Crippen molar-refractivity contribution in [3.63, 3.8) is 0 Å². The van der Waals surface area contributed by atoms with Crippen molar-refractivity contribution in [2.75, 3.05) is 13.1 Å². The molecule has 0 radical (unpaired) electrons. The molecule has 0 bridgehead atoms. The molecule has 2 aromatic carbocycles. The van der Waals surface area contributed by atoms with E-state index in [0.717, 1.165) is 28.6 Å². The molecule has 2 atom stereocenters. The largest absolute Gasteiger partial charge is 0.481 e. The Bertz CT molecular complexity index is 720. The quantitative estimate of drug-likeness (QED) is 0.835. The normalized spacial score (nSPS) is 19.8. The summed E-state index contributed by atoms with van der Waals surface area (Å²) in [4.78, 5) is 13.6. The number of benzene rings is 2. The van der Waals surface area contributed by atoms with E-state index in [1.807, 2.05) is 30.3 Å². The molecule has 1 fully saturated rings. The molecule has 1 saturated heterocycles. The molecule has 3 nitrogen and oxygen atoms in total. The summed E-state index contributed by atoms with van der Waals surface area (Å²) in [5, 5.41) is 9.37. The van der Waals surface area contributed by atoms with Crippen molar-refractivity contribution in [2.24, 2.45) is 5.92 Å². The molecule has 3 rings (SSSR count). The third kappa shape index (κ3) is 3.84. The number of likely N-dealkylation sites (tertiary alicyclic amines) is 1. The van der Waals surface area contributed by atoms with Crippen molar-refractivity contribution < 1.29 is 14.3 Å². The van der Waals surface area contributed by atoms with Gasteiger partial charge in [0, 0.05) is 11.0 Å². The smallest absolute Gasteiger partial charge is 0.307 e. The highest BCUT2D eigenvalue weighted by Crippen LogP contribution is 2.33. The van der Waals surface area contributed by atoms with Gasteiger partial charge in [-0.1, -0.05) is 40.2 Å². The molecule has 1 aliphatic heterocycles. The zero-order valence-electron chi connectivity index (χ0n) is 13.2. The van der Waals surface area contributed by atoms with Crippen molar-refractivity contribution in [1.29, 1.82) is 0 Å². The van der Waals surface area contributed by atoms with Crippen LogP contribution in [0.4, 0.5) is 4.39 Å². The van der Waals surface area contributed by atoms with Crippen molar-refractivity contribution >= 4 is 21.9 Å². The zero-order chi connectivity index (χ0) is 17.1. The molecule has 0 aromatic heterocycles. The standard InChI is InChI=1S/C19H19BrFNO2/c20-16-8-6-13(7-9-16)18(14-3-1-5-17(21)11-14)22-10-2-4-15(12-22)19(23)24/h1,3,5-9,11,15,18H,2,4,10,12H2,(H,23,24). The van der Waals surface area contributed by atoms with Crippen LogP contribution in [0.5, 0.6) is 0 Å². The van der Waals surface area contributed by atoms with E-state index >= 15 is 0 Å². The first-order valence-electron chi connectivity index (χ1n) is 8.02. The number of nitrogens with zero attached hydrogens (tertiary/aromatic N) is 1. The van der Waals surface area contributed by atoms with E-state index in [9.17, 15) is 14.3 Å². The van der Waals surface area contributed by atoms with Crippen LogP contribution >= 0.6 is 15.9 Å². The lowest BCUT2D eigenvalue weighted by atomic mass is 9.91. The minimum Gasteiger partial charge on any atom is -0.481 e. The maximum Gasteiger partial charge on any atom is 0.307 e. The summed E-state index contributed by atoms with van der Waals surface area (Å²) in [5.74, 6) is -1.40. The molecule has 0 saturated carbocycles. The zero-order valence-corrected chi connectivity index (χ0v) is 14.7. The second-order valence-electron chi connectivity index (χ2n) is 6.18. The number of carboxylic acids is 1. The van der Waals surface area contributed by atoms with Crippen molar-refractivity contribution in [1.82, 2.24) is 4.90 Å². The van der Waals surface area contributed by atoms with Gasteiger partial charge in [0.2, 0.25) is 0 Å². The molecule has 0 spiro atoms. The summed E-state index contributed by atoms with van der Waals surface area (Å²) in [7, 11) is 0. The van der Waals surface area contributed by atoms with Crippen LogP contribution in [0.3, 0.4) is 0 Å². The highest BCUT2D eigenvalue weighted by Gasteiger charge is 2.31. The number of aliphatic carboxylic acids is 1. The van der Waals surface area contributed by atoms with E-state index in [0.29, 0.717) is 13.0 Å². The predicted molar refractivity (Wildman–Crippen MR) is 94.3 cm³/mol. The molecule has 1 heterocycles. The summed E-state index contributed by atoms with van der Waals surface area (Å²) in [5.41, 5.74) is 1.89. The maximum atomic E-state index is 13.8. The molecule has 2 unspecified atom stereocenters. The number of hydrogen-bond donors (Lipinski definition) is 1. The molecular weight excluding hydrogens is 373 g/mol. The summed E-state index contributed by atoms with van der Waals surface area (Å²) in [6.07, 6.45) is 1.53. The molecular formula is C19H19BrFNO2. The monoisotopic (exact) mass is 391 g/mol. The highest BCUT2D eigenvalue weighted by atomic mass is 79.9. The Morgan fingerprint density at radius 3 is 2.62 bits per heavy atom. The third-order valence-corrected chi connectivity index (χ3v) is 5.05. The van der Waals surface area contributed by atoms with E-state index in [2.05, 4.69) is 20.8 Å². The van der Waals surface area contributed by atoms with E-state index in [-0.39, 0.29) is 17.8 Å². The Morgan fingerprint density at radius 1 is 1.21 bits per heavy atom. The Morgan fingerprint density at radius 2 is 1.96 bits per heavy atom. The first-order chi connectivity index (χ1) is 11.5. The Balaban J connectivity index is 1.98. The van der Waals surface area contributed by atoms with Crippen LogP contribution in [0.15, 0.2) is 53.0 Å². The van der Waals surface area contributed by atoms with E-state index in [1.54, 1.807) is 6.07 Å². The lowest BCUT2D eigenvalue weighted by Gasteiger charge is -2.37. The lowest BCUT2D eigenvalue weighted by Crippen LogP contribution is -2.41. The van der Waals surface area contributed by atoms with E-state index in [1.165, 1.54) is 12.1 Å². The summed E-state index contributed by atoms with van der Waals surface area (Å²) < 4.78 is 14.7. The van der Waals surface area contributed by atoms with Crippen molar-refractivity contribution in [2.45, 2.75) is 18.9 Å². The number of carbonyl (C=O) groups is 1. The molecule has 24 heavy (non-hydrogen) atoms. The van der Waals surface area contributed by atoms with Crippen LogP contribution in [0.1, 0.15) is 30.0 Å². The summed E-state index contributed by atoms with van der Waals surface area (Å²) in [6.45, 7) is 1.29. The fourth-order valence-corrected chi connectivity index (χ4v) is 3.64. The fraction of sp³-hybridized carbons (Fsp3) is 0.316. The van der Waals surface area contributed by atoms with Gasteiger partial charge >= 0.3 is 5.97 Å². The highest BCUT2D eigenvalue weighted by molar-refractivity contribution is 9.10. The van der Waals surface area contributed by atoms with Crippen LogP contribution < -0.4 is 0 Å². The molecule has 1 aliphatic rings. The van der Waals surface area contributed by atoms with Crippen molar-refractivity contribution in [3.8, 4) is 0 Å². The lowest BCUT2D eigenvalue weighted by molar-refractivity contribution is -0.143. The number of piperidine rings is 1. The summed E-state index contributed by atoms with van der Waals surface area (Å²) in [6, 6.07) is 14.4.